The van der Waals surface area contributed by atoms with Gasteiger partial charge in [-0.25, -0.2) is 0 Å². The van der Waals surface area contributed by atoms with Gasteiger partial charge in [0.15, 0.2) is 12.1 Å². The molecule has 3 aliphatic rings. The predicted octanol–water partition coefficient (Wildman–Crippen LogP) is 1.12. The third-order valence-electron chi connectivity index (χ3n) is 7.62. The standard InChI is InChI=1S/C27H30O11/c1-10-19(28)25(36-4)24(33)26(37-10)38-14-9-27(2,34)8-12-16(14)23(32)18-17(21(12)30)20(29)11-6-5-7-13(35-3)15(11)22(18)31/h5-7,10,14,19,24-26,28,30,32-34H,8-9H2,1-4H3/t10-,14-,19-,24+,25+,26-,27+/m0/s1. The van der Waals surface area contributed by atoms with Crippen molar-refractivity contribution in [1.82, 2.24) is 0 Å². The lowest BCUT2D eigenvalue weighted by atomic mass is 9.73. The third-order valence-corrected chi connectivity index (χ3v) is 7.62. The Morgan fingerprint density at radius 3 is 2.34 bits per heavy atom. The summed E-state index contributed by atoms with van der Waals surface area (Å²) in [7, 11) is 2.66. The van der Waals surface area contributed by atoms with Crippen LogP contribution in [0, 0.1) is 0 Å². The van der Waals surface area contributed by atoms with Gasteiger partial charge >= 0.3 is 0 Å². The monoisotopic (exact) mass is 530 g/mol. The number of rotatable bonds is 4. The van der Waals surface area contributed by atoms with Crippen LogP contribution in [0.4, 0.5) is 0 Å². The van der Waals surface area contributed by atoms with Crippen LogP contribution in [-0.4, -0.2) is 87.6 Å². The van der Waals surface area contributed by atoms with E-state index in [9.17, 15) is 35.1 Å². The van der Waals surface area contributed by atoms with Gasteiger partial charge in [-0.1, -0.05) is 12.1 Å². The highest BCUT2D eigenvalue weighted by Crippen LogP contribution is 2.52. The Balaban J connectivity index is 1.65. The van der Waals surface area contributed by atoms with Crippen molar-refractivity contribution < 1.29 is 54.1 Å². The fourth-order valence-electron chi connectivity index (χ4n) is 5.77. The first-order chi connectivity index (χ1) is 17.9. The highest BCUT2D eigenvalue weighted by Gasteiger charge is 2.49. The molecule has 11 nitrogen and oxygen atoms in total. The van der Waals surface area contributed by atoms with Crippen LogP contribution in [0.2, 0.25) is 0 Å². The molecule has 5 N–H and O–H groups in total. The van der Waals surface area contributed by atoms with Crippen molar-refractivity contribution in [3.05, 3.63) is 51.6 Å². The average Bonchev–Trinajstić information content (AvgIpc) is 2.87. The Morgan fingerprint density at radius 2 is 1.68 bits per heavy atom. The van der Waals surface area contributed by atoms with Gasteiger partial charge in [0.05, 0.1) is 41.6 Å². The Labute approximate surface area is 218 Å². The number of benzene rings is 2. The second kappa shape index (κ2) is 9.30. The van der Waals surface area contributed by atoms with Crippen molar-refractivity contribution in [2.75, 3.05) is 14.2 Å². The fourth-order valence-corrected chi connectivity index (χ4v) is 5.77. The lowest BCUT2D eigenvalue weighted by molar-refractivity contribution is -0.311. The van der Waals surface area contributed by atoms with Gasteiger partial charge in [0.2, 0.25) is 5.78 Å². The van der Waals surface area contributed by atoms with Crippen LogP contribution in [0.1, 0.15) is 69.3 Å². The molecule has 7 atom stereocenters. The predicted molar refractivity (Wildman–Crippen MR) is 130 cm³/mol. The molecule has 0 saturated carbocycles. The van der Waals surface area contributed by atoms with Crippen molar-refractivity contribution in [3.63, 3.8) is 0 Å². The molecule has 0 spiro atoms. The second-order valence-corrected chi connectivity index (χ2v) is 10.3. The number of hydrogen-bond donors (Lipinski definition) is 5. The summed E-state index contributed by atoms with van der Waals surface area (Å²) < 4.78 is 22.2. The van der Waals surface area contributed by atoms with Crippen molar-refractivity contribution in [2.24, 2.45) is 0 Å². The molecule has 1 aliphatic heterocycles. The van der Waals surface area contributed by atoms with Gasteiger partial charge in [0.1, 0.15) is 35.6 Å². The minimum absolute atomic E-state index is 0.00388. The lowest BCUT2D eigenvalue weighted by Crippen LogP contribution is -2.58. The van der Waals surface area contributed by atoms with Crippen LogP contribution in [-0.2, 0) is 20.6 Å². The maximum Gasteiger partial charge on any atom is 0.202 e. The van der Waals surface area contributed by atoms with Gasteiger partial charge < -0.3 is 44.5 Å². The summed E-state index contributed by atoms with van der Waals surface area (Å²) in [5.41, 5.74) is -2.21. The minimum atomic E-state index is -1.45. The summed E-state index contributed by atoms with van der Waals surface area (Å²) in [5, 5.41) is 54.9. The lowest BCUT2D eigenvalue weighted by Gasteiger charge is -2.44. The van der Waals surface area contributed by atoms with Crippen molar-refractivity contribution in [1.29, 1.82) is 0 Å². The van der Waals surface area contributed by atoms with Gasteiger partial charge in [-0.3, -0.25) is 9.59 Å². The highest BCUT2D eigenvalue weighted by atomic mass is 16.7. The molecule has 1 fully saturated rings. The Kier molecular flexibility index (Phi) is 6.49. The number of fused-ring (bicyclic) bond motifs is 3. The summed E-state index contributed by atoms with van der Waals surface area (Å²) in [6.45, 7) is 3.07. The zero-order valence-corrected chi connectivity index (χ0v) is 21.3. The quantitative estimate of drug-likeness (QED) is 0.306. The number of aromatic hydroxyl groups is 2. The van der Waals surface area contributed by atoms with E-state index in [1.165, 1.54) is 33.3 Å². The van der Waals surface area contributed by atoms with E-state index in [-0.39, 0.29) is 46.4 Å². The summed E-state index contributed by atoms with van der Waals surface area (Å²) in [4.78, 5) is 27.1. The van der Waals surface area contributed by atoms with Gasteiger partial charge in [0, 0.05) is 36.6 Å². The number of aliphatic hydroxyl groups is 3. The smallest absolute Gasteiger partial charge is 0.202 e. The van der Waals surface area contributed by atoms with Crippen LogP contribution < -0.4 is 4.74 Å². The molecule has 0 aromatic heterocycles. The zero-order valence-electron chi connectivity index (χ0n) is 21.3. The zero-order chi connectivity index (χ0) is 27.7. The Hall–Kier alpha value is -3.06. The summed E-state index contributed by atoms with van der Waals surface area (Å²) >= 11 is 0. The second-order valence-electron chi connectivity index (χ2n) is 10.3. The van der Waals surface area contributed by atoms with Crippen molar-refractivity contribution in [3.8, 4) is 17.2 Å². The molecule has 2 aliphatic carbocycles. The van der Waals surface area contributed by atoms with E-state index in [2.05, 4.69) is 0 Å². The Bertz CT molecular complexity index is 1320. The number of ketones is 2. The van der Waals surface area contributed by atoms with Crippen LogP contribution in [0.5, 0.6) is 17.2 Å². The highest BCUT2D eigenvalue weighted by molar-refractivity contribution is 6.31. The van der Waals surface area contributed by atoms with Crippen molar-refractivity contribution >= 4 is 11.6 Å². The summed E-state index contributed by atoms with van der Waals surface area (Å²) in [5.74, 6) is -2.38. The summed E-state index contributed by atoms with van der Waals surface area (Å²) in [6, 6.07) is 4.48. The van der Waals surface area contributed by atoms with Gasteiger partial charge in [-0.05, 0) is 19.9 Å². The molecule has 1 heterocycles. The first-order valence-electron chi connectivity index (χ1n) is 12.2. The molecule has 2 aromatic rings. The molecule has 0 radical (unpaired) electrons. The maximum atomic E-state index is 13.6. The molecule has 0 bridgehead atoms. The number of carbonyl (C=O) groups is 2. The molecular weight excluding hydrogens is 500 g/mol. The van der Waals surface area contributed by atoms with Gasteiger partial charge in [-0.2, -0.15) is 0 Å². The molecule has 11 heteroatoms. The molecule has 1 saturated heterocycles. The first-order valence-corrected chi connectivity index (χ1v) is 12.2. The molecule has 5 rings (SSSR count). The van der Waals surface area contributed by atoms with E-state index in [0.29, 0.717) is 0 Å². The Morgan fingerprint density at radius 1 is 1.00 bits per heavy atom. The van der Waals surface area contributed by atoms with Crippen LogP contribution >= 0.6 is 0 Å². The molecule has 0 amide bonds. The number of phenolic OH excluding ortho intramolecular Hbond substituents is 2. The molecule has 38 heavy (non-hydrogen) atoms. The van der Waals surface area contributed by atoms with Gasteiger partial charge in [-0.15, -0.1) is 0 Å². The van der Waals surface area contributed by atoms with Crippen molar-refractivity contribution in [2.45, 2.75) is 69.1 Å². The number of aliphatic hydroxyl groups excluding tert-OH is 2. The number of methoxy groups -OCH3 is 2. The third kappa shape index (κ3) is 3.89. The van der Waals surface area contributed by atoms with E-state index in [1.807, 2.05) is 0 Å². The fraction of sp³-hybridized carbons (Fsp3) is 0.481. The topological polar surface area (TPSA) is 172 Å². The maximum absolute atomic E-state index is 13.6. The minimum Gasteiger partial charge on any atom is -0.507 e. The largest absolute Gasteiger partial charge is 0.507 e. The van der Waals surface area contributed by atoms with Crippen LogP contribution in [0.25, 0.3) is 0 Å². The first kappa shape index (κ1) is 26.5. The van der Waals surface area contributed by atoms with Crippen LogP contribution in [0.15, 0.2) is 18.2 Å². The molecule has 204 valence electrons. The molecule has 2 aromatic carbocycles. The number of phenols is 2. The van der Waals surface area contributed by atoms with E-state index in [1.54, 1.807) is 13.0 Å². The number of hydrogen-bond acceptors (Lipinski definition) is 11. The molecule has 0 unspecified atom stereocenters. The summed E-state index contributed by atoms with van der Waals surface area (Å²) in [6.07, 6.45) is -7.17. The van der Waals surface area contributed by atoms with E-state index in [4.69, 9.17) is 18.9 Å². The SMILES string of the molecule is COc1cccc2c1C(=O)c1c(O)c3c(c(O)c1C2=O)C[C@@](C)(O)C[C@@H]3O[C@@H]1O[C@@H](C)[C@H](O)[C@@H](OC)[C@H]1O. The normalized spacial score (nSPS) is 32.4. The number of carbonyl (C=O) groups excluding carboxylic acids is 2. The van der Waals surface area contributed by atoms with Gasteiger partial charge in [0.25, 0.3) is 0 Å². The average molecular weight is 531 g/mol. The van der Waals surface area contributed by atoms with E-state index >= 15 is 0 Å². The number of ether oxygens (including phenoxy) is 4. The molecular formula is C27H30O11. The van der Waals surface area contributed by atoms with E-state index < -0.39 is 71.0 Å². The van der Waals surface area contributed by atoms with E-state index in [0.717, 1.165) is 0 Å². The van der Waals surface area contributed by atoms with Crippen LogP contribution in [0.3, 0.4) is 0 Å².